The van der Waals surface area contributed by atoms with E-state index in [0.29, 0.717) is 50.1 Å². The molecule has 1 aliphatic heterocycles. The number of aliphatic hydroxyl groups is 1. The van der Waals surface area contributed by atoms with Gasteiger partial charge in [-0.15, -0.1) is 0 Å². The molecule has 210 valence electrons. The van der Waals surface area contributed by atoms with Crippen molar-refractivity contribution in [3.05, 3.63) is 41.0 Å². The van der Waals surface area contributed by atoms with E-state index in [2.05, 4.69) is 39.8 Å². The number of hydrogen-bond acceptors (Lipinski definition) is 6. The minimum Gasteiger partial charge on any atom is -0.490 e. The van der Waals surface area contributed by atoms with Crippen LogP contribution in [0.25, 0.3) is 0 Å². The van der Waals surface area contributed by atoms with Crippen molar-refractivity contribution in [2.75, 3.05) is 33.0 Å². The Bertz CT molecular complexity index is 1050. The predicted octanol–water partition coefficient (Wildman–Crippen LogP) is 7.21. The summed E-state index contributed by atoms with van der Waals surface area (Å²) in [6.07, 6.45) is 8.64. The van der Waals surface area contributed by atoms with Gasteiger partial charge in [-0.2, -0.15) is 0 Å². The first-order chi connectivity index (χ1) is 18.6. The van der Waals surface area contributed by atoms with E-state index < -0.39 is 5.60 Å². The Labute approximate surface area is 228 Å². The molecule has 6 nitrogen and oxygen atoms in total. The minimum atomic E-state index is -1.04. The molecule has 0 saturated carbocycles. The zero-order valence-electron chi connectivity index (χ0n) is 23.8. The summed E-state index contributed by atoms with van der Waals surface area (Å²) in [6.45, 7) is 11.3. The molecule has 2 aromatic rings. The van der Waals surface area contributed by atoms with Crippen molar-refractivity contribution in [1.29, 1.82) is 0 Å². The Morgan fingerprint density at radius 1 is 0.737 bits per heavy atom. The van der Waals surface area contributed by atoms with Gasteiger partial charge in [0.1, 0.15) is 12.2 Å². The molecule has 2 atom stereocenters. The van der Waals surface area contributed by atoms with Gasteiger partial charge in [0, 0.05) is 17.9 Å². The molecule has 0 bridgehead atoms. The summed E-state index contributed by atoms with van der Waals surface area (Å²) in [5.41, 5.74) is 2.06. The van der Waals surface area contributed by atoms with Gasteiger partial charge in [-0.25, -0.2) is 0 Å². The molecule has 0 radical (unpaired) electrons. The summed E-state index contributed by atoms with van der Waals surface area (Å²) < 4.78 is 31.0. The van der Waals surface area contributed by atoms with Crippen LogP contribution in [0.15, 0.2) is 24.3 Å². The van der Waals surface area contributed by atoms with Crippen molar-refractivity contribution in [2.24, 2.45) is 0 Å². The van der Waals surface area contributed by atoms with Gasteiger partial charge >= 0.3 is 0 Å². The third-order valence-corrected chi connectivity index (χ3v) is 7.45. The molecule has 0 amide bonds. The molecule has 6 heteroatoms. The van der Waals surface area contributed by atoms with E-state index in [-0.39, 0.29) is 12.5 Å². The van der Waals surface area contributed by atoms with Crippen LogP contribution in [0.3, 0.4) is 0 Å². The topological polar surface area (TPSA) is 66.4 Å². The zero-order chi connectivity index (χ0) is 27.0. The summed E-state index contributed by atoms with van der Waals surface area (Å²) >= 11 is 0. The van der Waals surface area contributed by atoms with Gasteiger partial charge in [-0.1, -0.05) is 59.4 Å². The van der Waals surface area contributed by atoms with Crippen LogP contribution in [-0.2, 0) is 6.42 Å². The maximum Gasteiger partial charge on any atom is 0.203 e. The van der Waals surface area contributed by atoms with Crippen LogP contribution in [0.5, 0.6) is 28.7 Å². The molecule has 2 aliphatic rings. The van der Waals surface area contributed by atoms with Gasteiger partial charge in [-0.05, 0) is 55.0 Å². The summed E-state index contributed by atoms with van der Waals surface area (Å²) in [6, 6.07) is 8.18. The highest BCUT2D eigenvalue weighted by atomic mass is 16.5. The van der Waals surface area contributed by atoms with Crippen LogP contribution in [0, 0.1) is 0 Å². The average molecular weight is 527 g/mol. The minimum absolute atomic E-state index is 0.194. The highest BCUT2D eigenvalue weighted by Gasteiger charge is 2.51. The van der Waals surface area contributed by atoms with Crippen molar-refractivity contribution in [1.82, 2.24) is 0 Å². The Kier molecular flexibility index (Phi) is 10.1. The van der Waals surface area contributed by atoms with Crippen molar-refractivity contribution >= 4 is 0 Å². The number of ether oxygens (including phenoxy) is 5. The Hall–Kier alpha value is -2.60. The fraction of sp³-hybridized carbons (Fsp3) is 0.625. The molecule has 1 N–H and O–H groups in total. The summed E-state index contributed by atoms with van der Waals surface area (Å²) in [5.74, 6) is 3.33. The number of hydrogen-bond donors (Lipinski definition) is 1. The van der Waals surface area contributed by atoms with Crippen molar-refractivity contribution in [3.8, 4) is 28.7 Å². The van der Waals surface area contributed by atoms with E-state index >= 15 is 0 Å². The molecule has 0 fully saturated rings. The maximum absolute atomic E-state index is 11.9. The first-order valence-corrected chi connectivity index (χ1v) is 14.8. The van der Waals surface area contributed by atoms with Gasteiger partial charge in [0.05, 0.1) is 26.4 Å². The molecule has 1 aliphatic carbocycles. The Morgan fingerprint density at radius 3 is 1.89 bits per heavy atom. The summed E-state index contributed by atoms with van der Waals surface area (Å²) in [5, 5.41) is 11.9. The molecule has 1 heterocycles. The average Bonchev–Trinajstić information content (AvgIpc) is 3.21. The van der Waals surface area contributed by atoms with E-state index in [1.165, 1.54) is 0 Å². The monoisotopic (exact) mass is 526 g/mol. The molecule has 0 spiro atoms. The van der Waals surface area contributed by atoms with Gasteiger partial charge in [-0.3, -0.25) is 0 Å². The van der Waals surface area contributed by atoms with Crippen LogP contribution >= 0.6 is 0 Å². The molecule has 38 heavy (non-hydrogen) atoms. The van der Waals surface area contributed by atoms with Gasteiger partial charge in [0.15, 0.2) is 23.0 Å². The van der Waals surface area contributed by atoms with Crippen molar-refractivity contribution < 1.29 is 28.8 Å². The smallest absolute Gasteiger partial charge is 0.203 e. The molecular weight excluding hydrogens is 480 g/mol. The van der Waals surface area contributed by atoms with Crippen molar-refractivity contribution in [2.45, 2.75) is 97.0 Å². The first kappa shape index (κ1) is 28.4. The number of unbranched alkanes of at least 4 members (excludes halogenated alkanes) is 4. The fourth-order valence-electron chi connectivity index (χ4n) is 5.26. The van der Waals surface area contributed by atoms with Crippen LogP contribution < -0.4 is 23.7 Å². The second-order valence-electron chi connectivity index (χ2n) is 10.6. The second kappa shape index (κ2) is 13.5. The van der Waals surface area contributed by atoms with Crippen molar-refractivity contribution in [3.63, 3.8) is 0 Å². The van der Waals surface area contributed by atoms with E-state index in [0.717, 1.165) is 79.6 Å². The molecular formula is C32H46O6. The largest absolute Gasteiger partial charge is 0.490 e. The highest BCUT2D eigenvalue weighted by Crippen LogP contribution is 2.56. The molecule has 0 aromatic heterocycles. The summed E-state index contributed by atoms with van der Waals surface area (Å²) in [4.78, 5) is 0. The van der Waals surface area contributed by atoms with Crippen LogP contribution in [-0.4, -0.2) is 43.7 Å². The molecule has 2 aromatic carbocycles. The van der Waals surface area contributed by atoms with E-state index in [1.54, 1.807) is 0 Å². The SMILES string of the molecule is CCCCOc1cc2c(cc1OCCCC)[C@H]1c3ccc(OCCCC)c(OCCCC)c3OC[C@@]1(O)C2. The number of benzene rings is 2. The standard InChI is InChI=1S/C32H46O6/c1-5-9-15-34-26-14-13-24-29-25-20-28(36-17-11-7-3)27(35-16-10-6-2)19-23(25)21-32(29,33)22-38-30(24)31(26)37-18-12-8-4/h13-14,19-20,29,33H,5-12,15-18,21-22H2,1-4H3/t29-,32+/m1/s1. The zero-order valence-corrected chi connectivity index (χ0v) is 23.8. The number of rotatable bonds is 16. The van der Waals surface area contributed by atoms with Crippen LogP contribution in [0.4, 0.5) is 0 Å². The Balaban J connectivity index is 1.72. The molecule has 4 rings (SSSR count). The van der Waals surface area contributed by atoms with E-state index in [1.807, 2.05) is 12.1 Å². The van der Waals surface area contributed by atoms with Crippen LogP contribution in [0.2, 0.25) is 0 Å². The van der Waals surface area contributed by atoms with Gasteiger partial charge < -0.3 is 28.8 Å². The van der Waals surface area contributed by atoms with Gasteiger partial charge in [0.2, 0.25) is 5.75 Å². The van der Waals surface area contributed by atoms with E-state index in [4.69, 9.17) is 23.7 Å². The summed E-state index contributed by atoms with van der Waals surface area (Å²) in [7, 11) is 0. The fourth-order valence-corrected chi connectivity index (χ4v) is 5.26. The quantitative estimate of drug-likeness (QED) is 0.233. The number of fused-ring (bicyclic) bond motifs is 5. The lowest BCUT2D eigenvalue weighted by Crippen LogP contribution is -2.44. The van der Waals surface area contributed by atoms with Gasteiger partial charge in [0.25, 0.3) is 0 Å². The highest BCUT2D eigenvalue weighted by molar-refractivity contribution is 5.64. The lowest BCUT2D eigenvalue weighted by atomic mass is 9.80. The third kappa shape index (κ3) is 6.17. The lowest BCUT2D eigenvalue weighted by molar-refractivity contribution is -0.0231. The normalized spacial score (nSPS) is 19.2. The third-order valence-electron chi connectivity index (χ3n) is 7.45. The maximum atomic E-state index is 11.9. The first-order valence-electron chi connectivity index (χ1n) is 14.8. The molecule has 0 saturated heterocycles. The van der Waals surface area contributed by atoms with Crippen LogP contribution in [0.1, 0.15) is 102 Å². The Morgan fingerprint density at radius 2 is 1.29 bits per heavy atom. The van der Waals surface area contributed by atoms with E-state index in [9.17, 15) is 5.11 Å². The second-order valence-corrected chi connectivity index (χ2v) is 10.6. The predicted molar refractivity (Wildman–Crippen MR) is 150 cm³/mol. The molecule has 0 unspecified atom stereocenters. The lowest BCUT2D eigenvalue weighted by Gasteiger charge is -2.37.